The second-order valence-electron chi connectivity index (χ2n) is 9.44. The van der Waals surface area contributed by atoms with Gasteiger partial charge < -0.3 is 14.3 Å². The highest BCUT2D eigenvalue weighted by atomic mass is 16.6. The molecule has 7 nitrogen and oxygen atoms in total. The number of likely N-dealkylation sites (tertiary alicyclic amines) is 1. The van der Waals surface area contributed by atoms with E-state index in [-0.39, 0.29) is 47.5 Å². The van der Waals surface area contributed by atoms with Crippen molar-refractivity contribution in [1.82, 2.24) is 4.90 Å². The van der Waals surface area contributed by atoms with Crippen LogP contribution in [0.4, 0.5) is 0 Å². The van der Waals surface area contributed by atoms with Crippen LogP contribution in [0.2, 0.25) is 0 Å². The summed E-state index contributed by atoms with van der Waals surface area (Å²) in [4.78, 5) is 33.8. The first-order chi connectivity index (χ1) is 13.8. The smallest absolute Gasteiger partial charge is 0.234 e. The fourth-order valence-corrected chi connectivity index (χ4v) is 6.02. The van der Waals surface area contributed by atoms with Crippen LogP contribution in [0.15, 0.2) is 23.4 Å². The minimum absolute atomic E-state index is 0.0149. The van der Waals surface area contributed by atoms with Crippen LogP contribution in [0.5, 0.6) is 11.5 Å². The normalized spacial score (nSPS) is 34.8. The number of imide groups is 1. The minimum atomic E-state index is -0.513. The van der Waals surface area contributed by atoms with E-state index in [1.54, 1.807) is 14.2 Å². The van der Waals surface area contributed by atoms with Gasteiger partial charge in [-0.3, -0.25) is 14.5 Å². The van der Waals surface area contributed by atoms with Gasteiger partial charge in [-0.05, 0) is 51.3 Å². The average Bonchev–Trinajstić information content (AvgIpc) is 3.40. The van der Waals surface area contributed by atoms with E-state index >= 15 is 0 Å². The molecular weight excluding hydrogens is 372 g/mol. The van der Waals surface area contributed by atoms with Gasteiger partial charge in [-0.1, -0.05) is 5.16 Å². The number of nitrogens with zero attached hydrogens (tertiary/aromatic N) is 2. The Labute approximate surface area is 170 Å². The van der Waals surface area contributed by atoms with Crippen LogP contribution in [0.3, 0.4) is 0 Å². The first-order valence-corrected chi connectivity index (χ1v) is 10.1. The molecule has 7 heteroatoms. The fraction of sp³-hybridized carbons (Fsp3) is 0.591. The van der Waals surface area contributed by atoms with Crippen molar-refractivity contribution in [2.24, 2.45) is 34.7 Å². The average molecular weight is 398 g/mol. The molecule has 1 saturated heterocycles. The first-order valence-electron chi connectivity index (χ1n) is 10.1. The van der Waals surface area contributed by atoms with E-state index in [1.165, 1.54) is 4.90 Å². The Bertz CT molecular complexity index is 934. The summed E-state index contributed by atoms with van der Waals surface area (Å²) < 4.78 is 10.9. The van der Waals surface area contributed by atoms with Gasteiger partial charge in [-0.15, -0.1) is 0 Å². The number of amides is 2. The van der Waals surface area contributed by atoms with Gasteiger partial charge in [0.05, 0.1) is 31.8 Å². The van der Waals surface area contributed by atoms with Gasteiger partial charge in [0.1, 0.15) is 17.6 Å². The van der Waals surface area contributed by atoms with Crippen molar-refractivity contribution in [3.05, 3.63) is 23.8 Å². The highest BCUT2D eigenvalue weighted by Crippen LogP contribution is 2.62. The Morgan fingerprint density at radius 3 is 2.34 bits per heavy atom. The zero-order chi connectivity index (χ0) is 20.7. The van der Waals surface area contributed by atoms with Crippen molar-refractivity contribution < 1.29 is 23.9 Å². The second-order valence-corrected chi connectivity index (χ2v) is 9.44. The van der Waals surface area contributed by atoms with Crippen LogP contribution < -0.4 is 9.47 Å². The Balaban J connectivity index is 1.53. The molecule has 2 saturated carbocycles. The van der Waals surface area contributed by atoms with Crippen LogP contribution in [0.25, 0.3) is 0 Å². The van der Waals surface area contributed by atoms with E-state index in [1.807, 2.05) is 39.0 Å². The number of benzene rings is 1. The summed E-state index contributed by atoms with van der Waals surface area (Å²) in [7, 11) is 3.24. The predicted molar refractivity (Wildman–Crippen MR) is 105 cm³/mol. The number of carbonyl (C=O) groups excluding carboxylic acids is 2. The molecule has 154 valence electrons. The van der Waals surface area contributed by atoms with Gasteiger partial charge >= 0.3 is 0 Å². The SMILES string of the molecule is COc1ccc(OC)c(C2=NO[C@@H]3[C@@H]4C[C@@H]([C@H]5C(=O)N(C(C)(C)C)C(=O)[C@@H]45)[C@H]23)c1. The third kappa shape index (κ3) is 2.33. The van der Waals surface area contributed by atoms with E-state index in [0.29, 0.717) is 11.5 Å². The number of carbonyl (C=O) groups is 2. The van der Waals surface area contributed by atoms with E-state index in [0.717, 1.165) is 17.7 Å². The maximum absolute atomic E-state index is 13.3. The summed E-state index contributed by atoms with van der Waals surface area (Å²) in [5.74, 6) is 0.812. The van der Waals surface area contributed by atoms with Gasteiger partial charge in [0.25, 0.3) is 0 Å². The van der Waals surface area contributed by atoms with Gasteiger partial charge in [0.2, 0.25) is 11.8 Å². The number of hydrogen-bond acceptors (Lipinski definition) is 6. The van der Waals surface area contributed by atoms with Crippen molar-refractivity contribution in [1.29, 1.82) is 0 Å². The number of methoxy groups -OCH3 is 2. The van der Waals surface area contributed by atoms with Crippen LogP contribution >= 0.6 is 0 Å². The number of hydrogen-bond donors (Lipinski definition) is 0. The molecule has 3 fully saturated rings. The molecule has 2 aliphatic carbocycles. The van der Waals surface area contributed by atoms with Crippen molar-refractivity contribution in [3.63, 3.8) is 0 Å². The van der Waals surface area contributed by atoms with Crippen molar-refractivity contribution >= 4 is 17.5 Å². The number of fused-ring (bicyclic) bond motifs is 8. The van der Waals surface area contributed by atoms with Gasteiger partial charge in [0.15, 0.2) is 0 Å². The van der Waals surface area contributed by atoms with E-state index in [4.69, 9.17) is 14.3 Å². The van der Waals surface area contributed by atoms with E-state index < -0.39 is 5.54 Å². The van der Waals surface area contributed by atoms with Crippen molar-refractivity contribution in [3.8, 4) is 11.5 Å². The summed E-state index contributed by atoms with van der Waals surface area (Å²) in [5, 5.41) is 4.41. The van der Waals surface area contributed by atoms with Crippen LogP contribution in [-0.4, -0.2) is 48.3 Å². The summed E-state index contributed by atoms with van der Waals surface area (Å²) in [6.45, 7) is 5.74. The lowest BCUT2D eigenvalue weighted by molar-refractivity contribution is -0.146. The van der Waals surface area contributed by atoms with Gasteiger partial charge in [-0.2, -0.15) is 0 Å². The van der Waals surface area contributed by atoms with Crippen LogP contribution in [0.1, 0.15) is 32.8 Å². The molecule has 0 aromatic heterocycles. The molecule has 0 unspecified atom stereocenters. The van der Waals surface area contributed by atoms with Crippen LogP contribution in [0, 0.1) is 29.6 Å². The second kappa shape index (κ2) is 5.97. The quantitative estimate of drug-likeness (QED) is 0.731. The molecule has 6 atom stereocenters. The fourth-order valence-electron chi connectivity index (χ4n) is 6.02. The highest BCUT2D eigenvalue weighted by Gasteiger charge is 2.71. The Kier molecular flexibility index (Phi) is 3.80. The Morgan fingerprint density at radius 2 is 1.72 bits per heavy atom. The zero-order valence-electron chi connectivity index (χ0n) is 17.3. The standard InChI is InChI=1S/C22H26N2O5/c1-22(2,3)24-20(25)15-12-9-13(16(15)21(24)26)19-17(12)18(23-29-19)11-8-10(27-4)6-7-14(11)28-5/h6-8,12-13,15-17,19H,9H2,1-5H3/t12-,13+,15+,16-,17+,19+/m0/s1. The molecule has 1 aromatic rings. The van der Waals surface area contributed by atoms with Crippen LogP contribution in [-0.2, 0) is 14.4 Å². The van der Waals surface area contributed by atoms with Gasteiger partial charge in [0, 0.05) is 22.9 Å². The van der Waals surface area contributed by atoms with Crippen molar-refractivity contribution in [2.45, 2.75) is 38.8 Å². The maximum Gasteiger partial charge on any atom is 0.234 e. The summed E-state index contributed by atoms with van der Waals surface area (Å²) >= 11 is 0. The lowest BCUT2D eigenvalue weighted by Gasteiger charge is -2.31. The lowest BCUT2D eigenvalue weighted by Crippen LogP contribution is -2.46. The molecule has 1 aromatic carbocycles. The lowest BCUT2D eigenvalue weighted by atomic mass is 9.71. The molecule has 2 heterocycles. The van der Waals surface area contributed by atoms with E-state index in [2.05, 4.69) is 5.16 Å². The zero-order valence-corrected chi connectivity index (χ0v) is 17.3. The Hall–Kier alpha value is -2.57. The third-order valence-corrected chi connectivity index (χ3v) is 7.04. The predicted octanol–water partition coefficient (Wildman–Crippen LogP) is 2.47. The first kappa shape index (κ1) is 18.5. The molecule has 2 bridgehead atoms. The molecular formula is C22H26N2O5. The highest BCUT2D eigenvalue weighted by molar-refractivity contribution is 6.10. The van der Waals surface area contributed by atoms with E-state index in [9.17, 15) is 9.59 Å². The number of rotatable bonds is 3. The van der Waals surface area contributed by atoms with Gasteiger partial charge in [-0.25, -0.2) is 0 Å². The summed E-state index contributed by atoms with van der Waals surface area (Å²) in [5.41, 5.74) is 1.11. The summed E-state index contributed by atoms with van der Waals surface area (Å²) in [6, 6.07) is 5.59. The maximum atomic E-state index is 13.3. The molecule has 2 amide bonds. The third-order valence-electron chi connectivity index (χ3n) is 7.04. The molecule has 5 rings (SSSR count). The molecule has 29 heavy (non-hydrogen) atoms. The molecule has 0 N–H and O–H groups in total. The topological polar surface area (TPSA) is 77.4 Å². The largest absolute Gasteiger partial charge is 0.497 e. The minimum Gasteiger partial charge on any atom is -0.497 e. The molecule has 0 spiro atoms. The van der Waals surface area contributed by atoms with Crippen molar-refractivity contribution in [2.75, 3.05) is 14.2 Å². The molecule has 4 aliphatic rings. The number of oxime groups is 1. The molecule has 0 radical (unpaired) electrons. The number of ether oxygens (including phenoxy) is 2. The summed E-state index contributed by atoms with van der Waals surface area (Å²) in [6.07, 6.45) is 0.662. The Morgan fingerprint density at radius 1 is 1.03 bits per heavy atom. The monoisotopic (exact) mass is 398 g/mol. The molecule has 2 aliphatic heterocycles.